The smallest absolute Gasteiger partial charge is 0.273 e. The second-order valence-corrected chi connectivity index (χ2v) is 5.27. The molecule has 0 spiro atoms. The van der Waals surface area contributed by atoms with Crippen molar-refractivity contribution < 1.29 is 19.3 Å². The molecule has 1 aromatic carbocycles. The van der Waals surface area contributed by atoms with Gasteiger partial charge in [-0.15, -0.1) is 0 Å². The van der Waals surface area contributed by atoms with Crippen LogP contribution in [0.3, 0.4) is 0 Å². The molecule has 0 amide bonds. The maximum Gasteiger partial charge on any atom is 0.273 e. The molecular formula is C14H21N2O4+. The molecule has 1 aliphatic heterocycles. The van der Waals surface area contributed by atoms with Crippen molar-refractivity contribution in [3.05, 3.63) is 34.4 Å². The number of hydrogen-bond donors (Lipinski definition) is 1. The molecule has 6 heteroatoms. The first kappa shape index (κ1) is 14.7. The van der Waals surface area contributed by atoms with Crippen LogP contribution in [0.5, 0.6) is 5.75 Å². The molecule has 2 rings (SSSR count). The van der Waals surface area contributed by atoms with Crippen LogP contribution in [0.1, 0.15) is 13.8 Å². The molecule has 1 aliphatic rings. The summed E-state index contributed by atoms with van der Waals surface area (Å²) in [4.78, 5) is 11.7. The molecule has 1 fully saturated rings. The predicted octanol–water partition coefficient (Wildman–Crippen LogP) is 0.666. The first-order valence-electron chi connectivity index (χ1n) is 6.91. The number of morpholine rings is 1. The molecule has 1 N–H and O–H groups in total. The fourth-order valence-corrected chi connectivity index (χ4v) is 2.59. The van der Waals surface area contributed by atoms with Crippen molar-refractivity contribution >= 4 is 5.69 Å². The van der Waals surface area contributed by atoms with E-state index in [4.69, 9.17) is 9.47 Å². The van der Waals surface area contributed by atoms with Crippen LogP contribution in [0.4, 0.5) is 5.69 Å². The van der Waals surface area contributed by atoms with Crippen LogP contribution in [0.25, 0.3) is 0 Å². The lowest BCUT2D eigenvalue weighted by molar-refractivity contribution is -0.915. The van der Waals surface area contributed by atoms with E-state index in [1.54, 1.807) is 12.1 Å². The second-order valence-electron chi connectivity index (χ2n) is 5.27. The summed E-state index contributed by atoms with van der Waals surface area (Å²) in [6.45, 7) is 7.54. The van der Waals surface area contributed by atoms with Gasteiger partial charge in [0.15, 0.2) is 0 Å². The third-order valence-corrected chi connectivity index (χ3v) is 3.37. The number of nitrogens with one attached hydrogen (secondary N) is 1. The van der Waals surface area contributed by atoms with E-state index in [1.165, 1.54) is 17.0 Å². The molecular weight excluding hydrogens is 260 g/mol. The van der Waals surface area contributed by atoms with E-state index in [0.717, 1.165) is 19.6 Å². The summed E-state index contributed by atoms with van der Waals surface area (Å²) in [7, 11) is 0. The Kier molecular flexibility index (Phi) is 4.92. The Bertz CT molecular complexity index is 456. The monoisotopic (exact) mass is 281 g/mol. The van der Waals surface area contributed by atoms with Gasteiger partial charge in [-0.1, -0.05) is 6.07 Å². The van der Waals surface area contributed by atoms with Gasteiger partial charge in [0.05, 0.1) is 11.0 Å². The van der Waals surface area contributed by atoms with Gasteiger partial charge in [0, 0.05) is 6.07 Å². The van der Waals surface area contributed by atoms with Crippen molar-refractivity contribution in [2.75, 3.05) is 26.2 Å². The van der Waals surface area contributed by atoms with Crippen LogP contribution in [0.15, 0.2) is 24.3 Å². The van der Waals surface area contributed by atoms with E-state index in [9.17, 15) is 10.1 Å². The summed E-state index contributed by atoms with van der Waals surface area (Å²) in [5, 5.41) is 10.7. The minimum Gasteiger partial charge on any atom is -0.487 e. The van der Waals surface area contributed by atoms with Crippen molar-refractivity contribution in [1.29, 1.82) is 0 Å². The van der Waals surface area contributed by atoms with E-state index in [-0.39, 0.29) is 17.9 Å². The highest BCUT2D eigenvalue weighted by Gasteiger charge is 2.25. The van der Waals surface area contributed by atoms with E-state index in [2.05, 4.69) is 13.8 Å². The van der Waals surface area contributed by atoms with Gasteiger partial charge < -0.3 is 14.4 Å². The third kappa shape index (κ3) is 4.18. The molecule has 2 atom stereocenters. The summed E-state index contributed by atoms with van der Waals surface area (Å²) in [6, 6.07) is 6.30. The van der Waals surface area contributed by atoms with E-state index >= 15 is 0 Å². The number of nitro benzene ring substituents is 1. The van der Waals surface area contributed by atoms with E-state index in [0.29, 0.717) is 12.4 Å². The maximum absolute atomic E-state index is 10.7. The Morgan fingerprint density at radius 2 is 2.10 bits per heavy atom. The number of nitro groups is 1. The third-order valence-electron chi connectivity index (χ3n) is 3.37. The molecule has 0 radical (unpaired) electrons. The highest BCUT2D eigenvalue weighted by molar-refractivity contribution is 5.37. The lowest BCUT2D eigenvalue weighted by Gasteiger charge is -2.32. The van der Waals surface area contributed by atoms with Crippen LogP contribution in [0, 0.1) is 10.1 Å². The van der Waals surface area contributed by atoms with Crippen LogP contribution >= 0.6 is 0 Å². The van der Waals surface area contributed by atoms with E-state index in [1.807, 2.05) is 0 Å². The Morgan fingerprint density at radius 1 is 1.40 bits per heavy atom. The van der Waals surface area contributed by atoms with Gasteiger partial charge in [0.2, 0.25) is 0 Å². The van der Waals surface area contributed by atoms with Crippen molar-refractivity contribution in [3.8, 4) is 5.75 Å². The molecule has 1 saturated heterocycles. The predicted molar refractivity (Wildman–Crippen MR) is 74.2 cm³/mol. The standard InChI is InChI=1S/C14H20N2O4/c1-11-9-15(10-12(2)20-11)6-7-19-14-5-3-4-13(8-14)16(17)18/h3-5,8,11-12H,6-7,9-10H2,1-2H3/p+1/t11-,12-/m1/s1. The quantitative estimate of drug-likeness (QED) is 0.636. The van der Waals surface area contributed by atoms with Gasteiger partial charge in [0.25, 0.3) is 5.69 Å². The Hall–Kier alpha value is -1.66. The molecule has 0 aromatic heterocycles. The molecule has 0 aliphatic carbocycles. The SMILES string of the molecule is C[C@@H]1C[NH+](CCOc2cccc([N+](=O)[O-])c2)C[C@@H](C)O1. The van der Waals surface area contributed by atoms with Gasteiger partial charge in [-0.3, -0.25) is 10.1 Å². The van der Waals surface area contributed by atoms with Gasteiger partial charge in [-0.2, -0.15) is 0 Å². The number of nitrogens with zero attached hydrogens (tertiary/aromatic N) is 1. The first-order valence-corrected chi connectivity index (χ1v) is 6.91. The number of benzene rings is 1. The summed E-state index contributed by atoms with van der Waals surface area (Å²) in [6.07, 6.45) is 0.540. The van der Waals surface area contributed by atoms with Crippen LogP contribution in [-0.2, 0) is 4.74 Å². The van der Waals surface area contributed by atoms with Gasteiger partial charge in [-0.25, -0.2) is 0 Å². The Balaban J connectivity index is 1.81. The fraction of sp³-hybridized carbons (Fsp3) is 0.571. The highest BCUT2D eigenvalue weighted by atomic mass is 16.6. The number of rotatable bonds is 5. The van der Waals surface area contributed by atoms with Crippen molar-refractivity contribution in [1.82, 2.24) is 0 Å². The highest BCUT2D eigenvalue weighted by Crippen LogP contribution is 2.18. The van der Waals surface area contributed by atoms with Crippen molar-refractivity contribution in [2.45, 2.75) is 26.1 Å². The lowest BCUT2D eigenvalue weighted by Crippen LogP contribution is -3.16. The summed E-state index contributed by atoms with van der Waals surface area (Å²) < 4.78 is 11.3. The molecule has 20 heavy (non-hydrogen) atoms. The van der Waals surface area contributed by atoms with Gasteiger partial charge >= 0.3 is 0 Å². The fourth-order valence-electron chi connectivity index (χ4n) is 2.59. The zero-order chi connectivity index (χ0) is 14.5. The van der Waals surface area contributed by atoms with E-state index < -0.39 is 4.92 Å². The number of ether oxygens (including phenoxy) is 2. The average Bonchev–Trinajstić information content (AvgIpc) is 2.38. The number of hydrogen-bond acceptors (Lipinski definition) is 4. The summed E-state index contributed by atoms with van der Waals surface area (Å²) in [5.41, 5.74) is 0.0588. The normalized spacial score (nSPS) is 26.2. The number of quaternary nitrogens is 1. The first-order chi connectivity index (χ1) is 9.54. The molecule has 0 unspecified atom stereocenters. The zero-order valence-electron chi connectivity index (χ0n) is 11.9. The molecule has 0 bridgehead atoms. The zero-order valence-corrected chi connectivity index (χ0v) is 11.9. The number of non-ortho nitro benzene ring substituents is 1. The molecule has 0 saturated carbocycles. The summed E-state index contributed by atoms with van der Waals surface area (Å²) >= 11 is 0. The van der Waals surface area contributed by atoms with Gasteiger partial charge in [0.1, 0.15) is 44.2 Å². The Morgan fingerprint density at radius 3 is 2.75 bits per heavy atom. The molecule has 1 aromatic rings. The average molecular weight is 281 g/mol. The van der Waals surface area contributed by atoms with Crippen molar-refractivity contribution in [2.24, 2.45) is 0 Å². The van der Waals surface area contributed by atoms with Crippen LogP contribution in [0.2, 0.25) is 0 Å². The second kappa shape index (κ2) is 6.67. The molecule has 110 valence electrons. The minimum atomic E-state index is -0.413. The molecule has 6 nitrogen and oxygen atoms in total. The Labute approximate surface area is 118 Å². The molecule has 1 heterocycles. The topological polar surface area (TPSA) is 66.0 Å². The minimum absolute atomic E-state index is 0.0588. The lowest BCUT2D eigenvalue weighted by atomic mass is 10.2. The van der Waals surface area contributed by atoms with Gasteiger partial charge in [-0.05, 0) is 19.9 Å². The van der Waals surface area contributed by atoms with Crippen molar-refractivity contribution in [3.63, 3.8) is 0 Å². The van der Waals surface area contributed by atoms with Crippen LogP contribution < -0.4 is 9.64 Å². The maximum atomic E-state index is 10.7. The van der Waals surface area contributed by atoms with Crippen LogP contribution in [-0.4, -0.2) is 43.4 Å². The summed E-state index contributed by atoms with van der Waals surface area (Å²) in [5.74, 6) is 0.549. The largest absolute Gasteiger partial charge is 0.487 e.